The maximum absolute atomic E-state index is 11.6. The van der Waals surface area contributed by atoms with Crippen molar-refractivity contribution < 1.29 is 4.79 Å². The van der Waals surface area contributed by atoms with Crippen molar-refractivity contribution in [2.45, 2.75) is 26.3 Å². The minimum atomic E-state index is -0.183. The fraction of sp³-hybridized carbons (Fsp3) is 0.364. The lowest BCUT2D eigenvalue weighted by molar-refractivity contribution is 0.249. The summed E-state index contributed by atoms with van der Waals surface area (Å²) in [5.74, 6) is 0. The van der Waals surface area contributed by atoms with E-state index in [0.717, 1.165) is 21.1 Å². The van der Waals surface area contributed by atoms with E-state index in [1.807, 2.05) is 32.0 Å². The van der Waals surface area contributed by atoms with Crippen molar-refractivity contribution in [1.29, 1.82) is 0 Å². The van der Waals surface area contributed by atoms with E-state index >= 15 is 0 Å². The van der Waals surface area contributed by atoms with Crippen molar-refractivity contribution >= 4 is 43.6 Å². The van der Waals surface area contributed by atoms with E-state index in [1.54, 1.807) is 0 Å². The predicted octanol–water partition coefficient (Wildman–Crippen LogP) is 4.13. The van der Waals surface area contributed by atoms with Gasteiger partial charge in [-0.25, -0.2) is 4.79 Å². The molecule has 16 heavy (non-hydrogen) atoms. The van der Waals surface area contributed by atoms with E-state index in [1.165, 1.54) is 0 Å². The molecule has 0 heterocycles. The van der Waals surface area contributed by atoms with Gasteiger partial charge < -0.3 is 10.6 Å². The summed E-state index contributed by atoms with van der Waals surface area (Å²) in [7, 11) is 0. The molecule has 1 aromatic rings. The van der Waals surface area contributed by atoms with Crippen LogP contribution in [-0.2, 0) is 0 Å². The molecular formula is C11H14Br2N2O. The Balaban J connectivity index is 2.63. The molecule has 2 amide bonds. The lowest BCUT2D eigenvalue weighted by Gasteiger charge is -2.13. The minimum absolute atomic E-state index is 0.175. The number of rotatable bonds is 3. The third-order valence-corrected chi connectivity index (χ3v) is 3.32. The summed E-state index contributed by atoms with van der Waals surface area (Å²) in [5.41, 5.74) is 0.754. The highest BCUT2D eigenvalue weighted by atomic mass is 79.9. The van der Waals surface area contributed by atoms with E-state index in [4.69, 9.17) is 0 Å². The van der Waals surface area contributed by atoms with Gasteiger partial charge in [0, 0.05) is 15.0 Å². The third-order valence-electron chi connectivity index (χ3n) is 2.17. The molecule has 1 rings (SSSR count). The molecule has 0 spiro atoms. The largest absolute Gasteiger partial charge is 0.335 e. The van der Waals surface area contributed by atoms with Crippen LogP contribution in [0.3, 0.4) is 0 Å². The van der Waals surface area contributed by atoms with Gasteiger partial charge in [-0.3, -0.25) is 0 Å². The van der Waals surface area contributed by atoms with Gasteiger partial charge in [0.25, 0.3) is 0 Å². The summed E-state index contributed by atoms with van der Waals surface area (Å²) < 4.78 is 1.81. The third kappa shape index (κ3) is 4.14. The zero-order valence-electron chi connectivity index (χ0n) is 9.18. The van der Waals surface area contributed by atoms with Crippen LogP contribution in [-0.4, -0.2) is 12.1 Å². The van der Waals surface area contributed by atoms with Crippen LogP contribution >= 0.6 is 31.9 Å². The normalized spacial score (nSPS) is 12.0. The minimum Gasteiger partial charge on any atom is -0.335 e. The Bertz CT molecular complexity index is 382. The number of benzene rings is 1. The Morgan fingerprint density at radius 1 is 1.44 bits per heavy atom. The summed E-state index contributed by atoms with van der Waals surface area (Å²) in [4.78, 5) is 11.6. The zero-order chi connectivity index (χ0) is 12.1. The quantitative estimate of drug-likeness (QED) is 0.846. The van der Waals surface area contributed by atoms with Crippen LogP contribution < -0.4 is 10.6 Å². The van der Waals surface area contributed by atoms with Gasteiger partial charge >= 0.3 is 6.03 Å². The van der Waals surface area contributed by atoms with Crippen molar-refractivity contribution in [2.75, 3.05) is 5.32 Å². The van der Waals surface area contributed by atoms with Gasteiger partial charge in [0.15, 0.2) is 0 Å². The number of nitrogens with one attached hydrogen (secondary N) is 2. The first-order valence-corrected chi connectivity index (χ1v) is 6.64. The number of carbonyl (C=O) groups excluding carboxylic acids is 1. The fourth-order valence-electron chi connectivity index (χ4n) is 1.08. The molecule has 0 unspecified atom stereocenters. The lowest BCUT2D eigenvalue weighted by Crippen LogP contribution is -2.35. The molecule has 0 aromatic heterocycles. The molecule has 1 aromatic carbocycles. The molecule has 0 saturated heterocycles. The van der Waals surface area contributed by atoms with Gasteiger partial charge in [0.05, 0.1) is 5.69 Å². The van der Waals surface area contributed by atoms with Crippen molar-refractivity contribution in [3.8, 4) is 0 Å². The van der Waals surface area contributed by atoms with Crippen LogP contribution in [0, 0.1) is 0 Å². The maximum Gasteiger partial charge on any atom is 0.319 e. The number of urea groups is 1. The second-order valence-corrected chi connectivity index (χ2v) is 5.30. The summed E-state index contributed by atoms with van der Waals surface area (Å²) >= 11 is 6.74. The second kappa shape index (κ2) is 6.25. The summed E-state index contributed by atoms with van der Waals surface area (Å²) in [6.07, 6.45) is 0.912. The van der Waals surface area contributed by atoms with Crippen molar-refractivity contribution in [3.05, 3.63) is 27.1 Å². The van der Waals surface area contributed by atoms with Gasteiger partial charge in [0.1, 0.15) is 0 Å². The Morgan fingerprint density at radius 2 is 2.12 bits per heavy atom. The maximum atomic E-state index is 11.6. The summed E-state index contributed by atoms with van der Waals surface area (Å²) in [6.45, 7) is 4.00. The van der Waals surface area contributed by atoms with Crippen molar-refractivity contribution in [1.82, 2.24) is 5.32 Å². The smallest absolute Gasteiger partial charge is 0.319 e. The Kier molecular flexibility index (Phi) is 5.28. The molecule has 0 bridgehead atoms. The highest BCUT2D eigenvalue weighted by Crippen LogP contribution is 2.25. The van der Waals surface area contributed by atoms with Crippen LogP contribution in [0.2, 0.25) is 0 Å². The Labute approximate surface area is 112 Å². The highest BCUT2D eigenvalue weighted by Gasteiger charge is 2.07. The molecule has 0 saturated carbocycles. The van der Waals surface area contributed by atoms with Crippen LogP contribution in [0.25, 0.3) is 0 Å². The number of anilines is 1. The monoisotopic (exact) mass is 348 g/mol. The standard InChI is InChI=1S/C11H14Br2N2O/c1-3-7(2)14-11(16)15-10-5-4-8(12)6-9(10)13/h4-7H,3H2,1-2H3,(H2,14,15,16)/t7-/m0/s1. The number of amides is 2. The molecule has 0 fully saturated rings. The molecule has 5 heteroatoms. The SMILES string of the molecule is CC[C@H](C)NC(=O)Nc1ccc(Br)cc1Br. The van der Waals surface area contributed by atoms with Crippen molar-refractivity contribution in [2.24, 2.45) is 0 Å². The van der Waals surface area contributed by atoms with Gasteiger partial charge in [-0.2, -0.15) is 0 Å². The van der Waals surface area contributed by atoms with Crippen LogP contribution in [0.1, 0.15) is 20.3 Å². The topological polar surface area (TPSA) is 41.1 Å². The summed E-state index contributed by atoms with van der Waals surface area (Å²) in [6, 6.07) is 5.60. The van der Waals surface area contributed by atoms with E-state index in [-0.39, 0.29) is 12.1 Å². The predicted molar refractivity (Wildman–Crippen MR) is 73.7 cm³/mol. The van der Waals surface area contributed by atoms with Gasteiger partial charge in [-0.15, -0.1) is 0 Å². The molecular weight excluding hydrogens is 336 g/mol. The molecule has 88 valence electrons. The Hall–Kier alpha value is -0.550. The molecule has 2 N–H and O–H groups in total. The first-order valence-electron chi connectivity index (χ1n) is 5.05. The van der Waals surface area contributed by atoms with Gasteiger partial charge in [-0.05, 0) is 47.5 Å². The number of halogens is 2. The molecule has 0 aliphatic heterocycles. The zero-order valence-corrected chi connectivity index (χ0v) is 12.4. The first-order chi connectivity index (χ1) is 7.52. The molecule has 0 aliphatic carbocycles. The lowest BCUT2D eigenvalue weighted by atomic mass is 10.3. The summed E-state index contributed by atoms with van der Waals surface area (Å²) in [5, 5.41) is 5.62. The van der Waals surface area contributed by atoms with Gasteiger partial charge in [0.2, 0.25) is 0 Å². The molecule has 0 aliphatic rings. The highest BCUT2D eigenvalue weighted by molar-refractivity contribution is 9.11. The van der Waals surface area contributed by atoms with Crippen molar-refractivity contribution in [3.63, 3.8) is 0 Å². The number of carbonyl (C=O) groups is 1. The number of hydrogen-bond acceptors (Lipinski definition) is 1. The number of hydrogen-bond donors (Lipinski definition) is 2. The van der Waals surface area contributed by atoms with Crippen LogP contribution in [0.4, 0.5) is 10.5 Å². The average Bonchev–Trinajstić information content (AvgIpc) is 2.22. The van der Waals surface area contributed by atoms with E-state index in [9.17, 15) is 4.79 Å². The van der Waals surface area contributed by atoms with Crippen LogP contribution in [0.15, 0.2) is 27.1 Å². The van der Waals surface area contributed by atoms with E-state index < -0.39 is 0 Å². The van der Waals surface area contributed by atoms with Crippen LogP contribution in [0.5, 0.6) is 0 Å². The van der Waals surface area contributed by atoms with Gasteiger partial charge in [-0.1, -0.05) is 22.9 Å². The fourth-order valence-corrected chi connectivity index (χ4v) is 2.22. The molecule has 0 radical (unpaired) electrons. The Morgan fingerprint density at radius 3 is 2.69 bits per heavy atom. The van der Waals surface area contributed by atoms with E-state index in [2.05, 4.69) is 42.5 Å². The second-order valence-electron chi connectivity index (χ2n) is 3.53. The first kappa shape index (κ1) is 13.5. The molecule has 3 nitrogen and oxygen atoms in total. The average molecular weight is 350 g/mol. The van der Waals surface area contributed by atoms with E-state index in [0.29, 0.717) is 0 Å². The molecule has 1 atom stereocenters.